The molecule has 0 saturated carbocycles. The second-order valence-corrected chi connectivity index (χ2v) is 8.56. The molecule has 0 aliphatic rings. The first-order valence-corrected chi connectivity index (χ1v) is 9.62. The second-order valence-electron chi connectivity index (χ2n) is 5.55. The van der Waals surface area contributed by atoms with Crippen LogP contribution in [0, 0.1) is 0 Å². The third kappa shape index (κ3) is 3.37. The van der Waals surface area contributed by atoms with Crippen molar-refractivity contribution in [1.82, 2.24) is 9.29 Å². The zero-order chi connectivity index (χ0) is 18.2. The lowest BCUT2D eigenvalue weighted by atomic mass is 10.1. The molecule has 25 heavy (non-hydrogen) atoms. The van der Waals surface area contributed by atoms with Gasteiger partial charge in [0.05, 0.1) is 10.6 Å². The van der Waals surface area contributed by atoms with Gasteiger partial charge in [-0.3, -0.25) is 0 Å². The van der Waals surface area contributed by atoms with Gasteiger partial charge >= 0.3 is 0 Å². The van der Waals surface area contributed by atoms with E-state index in [-0.39, 0.29) is 16.4 Å². The molecule has 3 rings (SSSR count). The van der Waals surface area contributed by atoms with Crippen LogP contribution in [-0.4, -0.2) is 42.0 Å². The van der Waals surface area contributed by atoms with Crippen LogP contribution in [0.25, 0.3) is 21.8 Å². The van der Waals surface area contributed by atoms with Crippen molar-refractivity contribution in [3.8, 4) is 33.3 Å². The van der Waals surface area contributed by atoms with Gasteiger partial charge in [-0.15, -0.1) is 11.3 Å². The van der Waals surface area contributed by atoms with Crippen molar-refractivity contribution in [2.75, 3.05) is 14.1 Å². The van der Waals surface area contributed by atoms with Crippen LogP contribution in [0.2, 0.25) is 0 Å². The first-order valence-electron chi connectivity index (χ1n) is 7.30. The molecule has 1 aromatic heterocycles. The summed E-state index contributed by atoms with van der Waals surface area (Å²) in [6, 6.07) is 10.8. The number of nitrogens with zero attached hydrogens (tertiary/aromatic N) is 2. The Labute approximate surface area is 149 Å². The summed E-state index contributed by atoms with van der Waals surface area (Å²) < 4.78 is 25.4. The van der Waals surface area contributed by atoms with Gasteiger partial charge in [0.1, 0.15) is 16.5 Å². The van der Waals surface area contributed by atoms with Crippen molar-refractivity contribution in [2.45, 2.75) is 4.90 Å². The third-order valence-electron chi connectivity index (χ3n) is 3.64. The number of aromatic nitrogens is 1. The number of hydrogen-bond acceptors (Lipinski definition) is 6. The van der Waals surface area contributed by atoms with Crippen molar-refractivity contribution in [3.05, 3.63) is 47.8 Å². The molecule has 0 aliphatic heterocycles. The Balaban J connectivity index is 1.93. The number of thiazole rings is 1. The first-order chi connectivity index (χ1) is 11.8. The van der Waals surface area contributed by atoms with Crippen LogP contribution in [0.4, 0.5) is 0 Å². The second kappa shape index (κ2) is 6.47. The molecule has 1 heterocycles. The van der Waals surface area contributed by atoms with Gasteiger partial charge in [-0.05, 0) is 24.3 Å². The van der Waals surface area contributed by atoms with E-state index in [9.17, 15) is 18.6 Å². The van der Waals surface area contributed by atoms with E-state index in [4.69, 9.17) is 0 Å². The number of hydrogen-bond donors (Lipinski definition) is 2. The van der Waals surface area contributed by atoms with E-state index >= 15 is 0 Å². The summed E-state index contributed by atoms with van der Waals surface area (Å²) >= 11 is 1.39. The van der Waals surface area contributed by atoms with Crippen LogP contribution in [-0.2, 0) is 10.0 Å². The van der Waals surface area contributed by atoms with Gasteiger partial charge in [0.15, 0.2) is 0 Å². The number of aromatic hydroxyl groups is 2. The predicted molar refractivity (Wildman–Crippen MR) is 97.2 cm³/mol. The smallest absolute Gasteiger partial charge is 0.242 e. The fourth-order valence-electron chi connectivity index (χ4n) is 2.25. The molecule has 0 bridgehead atoms. The minimum atomic E-state index is -3.46. The summed E-state index contributed by atoms with van der Waals surface area (Å²) in [4.78, 5) is 4.70. The first kappa shape index (κ1) is 17.4. The van der Waals surface area contributed by atoms with Gasteiger partial charge in [0, 0.05) is 36.7 Å². The van der Waals surface area contributed by atoms with E-state index in [0.717, 1.165) is 9.87 Å². The Hall–Kier alpha value is -2.42. The molecule has 0 saturated heterocycles. The van der Waals surface area contributed by atoms with E-state index in [0.29, 0.717) is 16.3 Å². The highest BCUT2D eigenvalue weighted by atomic mass is 32.2. The van der Waals surface area contributed by atoms with Crippen LogP contribution in [0.1, 0.15) is 0 Å². The lowest BCUT2D eigenvalue weighted by Gasteiger charge is -2.11. The van der Waals surface area contributed by atoms with Crippen LogP contribution < -0.4 is 0 Å². The predicted octanol–water partition coefficient (Wildman–Crippen LogP) is 3.14. The summed E-state index contributed by atoms with van der Waals surface area (Å²) in [7, 11) is -0.491. The van der Waals surface area contributed by atoms with E-state index in [1.165, 1.54) is 37.6 Å². The number of phenolic OH excluding ortho intramolecular Hbond substituents is 2. The highest BCUT2D eigenvalue weighted by Gasteiger charge is 2.17. The molecule has 130 valence electrons. The van der Waals surface area contributed by atoms with Crippen molar-refractivity contribution in [2.24, 2.45) is 0 Å². The maximum Gasteiger partial charge on any atom is 0.242 e. The van der Waals surface area contributed by atoms with Crippen molar-refractivity contribution >= 4 is 21.4 Å². The maximum atomic E-state index is 12.1. The van der Waals surface area contributed by atoms with E-state index in [1.807, 2.05) is 0 Å². The fourth-order valence-corrected chi connectivity index (χ4v) is 3.97. The van der Waals surface area contributed by atoms with Gasteiger partial charge in [-0.1, -0.05) is 12.1 Å². The lowest BCUT2D eigenvalue weighted by Crippen LogP contribution is -2.22. The number of phenols is 2. The summed E-state index contributed by atoms with van der Waals surface area (Å²) in [6.45, 7) is 0. The fraction of sp³-hybridized carbons (Fsp3) is 0.118. The SMILES string of the molecule is CN(C)S(=O)(=O)c1ccc(-c2nc(-c3ccc(O)cc3O)cs2)cc1. The van der Waals surface area contributed by atoms with Crippen LogP contribution in [0.5, 0.6) is 11.5 Å². The molecule has 8 heteroatoms. The van der Waals surface area contributed by atoms with Gasteiger partial charge < -0.3 is 10.2 Å². The molecule has 0 fully saturated rings. The molecular weight excluding hydrogens is 360 g/mol. The largest absolute Gasteiger partial charge is 0.508 e. The molecule has 0 atom stereocenters. The van der Waals surface area contributed by atoms with Crippen LogP contribution in [0.15, 0.2) is 52.7 Å². The maximum absolute atomic E-state index is 12.1. The molecule has 2 aromatic carbocycles. The van der Waals surface area contributed by atoms with Crippen LogP contribution >= 0.6 is 11.3 Å². The van der Waals surface area contributed by atoms with Gasteiger partial charge in [0.2, 0.25) is 10.0 Å². The molecule has 0 aliphatic carbocycles. The zero-order valence-electron chi connectivity index (χ0n) is 13.5. The quantitative estimate of drug-likeness (QED) is 0.730. The van der Waals surface area contributed by atoms with Crippen molar-refractivity contribution in [3.63, 3.8) is 0 Å². The molecule has 6 nitrogen and oxygen atoms in total. The van der Waals surface area contributed by atoms with E-state index in [1.54, 1.807) is 35.7 Å². The molecule has 3 aromatic rings. The monoisotopic (exact) mass is 376 g/mol. The molecular formula is C17H16N2O4S2. The molecule has 0 radical (unpaired) electrons. The van der Waals surface area contributed by atoms with Crippen LogP contribution in [0.3, 0.4) is 0 Å². The molecule has 0 unspecified atom stereocenters. The minimum absolute atomic E-state index is 0.0191. The average Bonchev–Trinajstić information content (AvgIpc) is 3.04. The lowest BCUT2D eigenvalue weighted by molar-refractivity contribution is 0.452. The van der Waals surface area contributed by atoms with Gasteiger partial charge in [-0.2, -0.15) is 0 Å². The minimum Gasteiger partial charge on any atom is -0.508 e. The molecule has 2 N–H and O–H groups in total. The van der Waals surface area contributed by atoms with E-state index in [2.05, 4.69) is 4.98 Å². The summed E-state index contributed by atoms with van der Waals surface area (Å²) in [6.07, 6.45) is 0. The number of sulfonamides is 1. The third-order valence-corrected chi connectivity index (χ3v) is 6.36. The summed E-state index contributed by atoms with van der Waals surface area (Å²) in [5.41, 5.74) is 1.89. The molecule has 0 spiro atoms. The Morgan fingerprint density at radius 2 is 1.72 bits per heavy atom. The molecule has 0 amide bonds. The standard InChI is InChI=1S/C17H16N2O4S2/c1-19(2)25(22,23)13-6-3-11(4-7-13)17-18-15(10-24-17)14-8-5-12(20)9-16(14)21/h3-10,20-21H,1-2H3. The average molecular weight is 376 g/mol. The van der Waals surface area contributed by atoms with Gasteiger partial charge in [0.25, 0.3) is 0 Å². The highest BCUT2D eigenvalue weighted by molar-refractivity contribution is 7.89. The zero-order valence-corrected chi connectivity index (χ0v) is 15.2. The highest BCUT2D eigenvalue weighted by Crippen LogP contribution is 2.35. The number of benzene rings is 2. The Bertz CT molecular complexity index is 1010. The van der Waals surface area contributed by atoms with E-state index < -0.39 is 10.0 Å². The van der Waals surface area contributed by atoms with Crippen molar-refractivity contribution in [1.29, 1.82) is 0 Å². The number of rotatable bonds is 4. The Morgan fingerprint density at radius 3 is 2.32 bits per heavy atom. The Morgan fingerprint density at radius 1 is 1.04 bits per heavy atom. The van der Waals surface area contributed by atoms with Crippen molar-refractivity contribution < 1.29 is 18.6 Å². The normalized spacial score (nSPS) is 11.8. The van der Waals surface area contributed by atoms with Gasteiger partial charge in [-0.25, -0.2) is 17.7 Å². The topological polar surface area (TPSA) is 90.7 Å². The summed E-state index contributed by atoms with van der Waals surface area (Å²) in [5, 5.41) is 21.8. The Kier molecular flexibility index (Phi) is 4.51. The summed E-state index contributed by atoms with van der Waals surface area (Å²) in [5.74, 6) is -0.0707.